The zero-order chi connectivity index (χ0) is 11.4. The molecule has 80 valence electrons. The van der Waals surface area contributed by atoms with E-state index in [1.54, 1.807) is 18.3 Å². The van der Waals surface area contributed by atoms with Crippen LogP contribution in [0.25, 0.3) is 0 Å². The van der Waals surface area contributed by atoms with Gasteiger partial charge >= 0.3 is 0 Å². The summed E-state index contributed by atoms with van der Waals surface area (Å²) in [5.74, 6) is 0.559. The fourth-order valence-electron chi connectivity index (χ4n) is 1.36. The maximum Gasteiger partial charge on any atom is 0.123 e. The van der Waals surface area contributed by atoms with Gasteiger partial charge in [0.25, 0.3) is 0 Å². The van der Waals surface area contributed by atoms with E-state index in [4.69, 9.17) is 11.0 Å². The molecule has 5 nitrogen and oxygen atoms in total. The molecule has 2 aromatic rings. The number of hydrogen-bond donors (Lipinski definition) is 3. The van der Waals surface area contributed by atoms with E-state index in [-0.39, 0.29) is 0 Å². The van der Waals surface area contributed by atoms with E-state index in [1.165, 1.54) is 0 Å². The van der Waals surface area contributed by atoms with Gasteiger partial charge in [-0.2, -0.15) is 10.4 Å². The third-order valence-electron chi connectivity index (χ3n) is 2.23. The molecule has 1 aromatic carbocycles. The lowest BCUT2D eigenvalue weighted by Gasteiger charge is -2.05. The Morgan fingerprint density at radius 2 is 2.38 bits per heavy atom. The quantitative estimate of drug-likeness (QED) is 0.720. The van der Waals surface area contributed by atoms with E-state index in [0.29, 0.717) is 17.9 Å². The number of H-pyrrole nitrogens is 1. The molecule has 0 saturated heterocycles. The van der Waals surface area contributed by atoms with Crippen molar-refractivity contribution in [2.24, 2.45) is 0 Å². The van der Waals surface area contributed by atoms with Crippen LogP contribution in [0.5, 0.6) is 0 Å². The van der Waals surface area contributed by atoms with Crippen molar-refractivity contribution in [3.8, 4) is 6.07 Å². The normalized spacial score (nSPS) is 9.69. The summed E-state index contributed by atoms with van der Waals surface area (Å²) in [6.45, 7) is 0.581. The van der Waals surface area contributed by atoms with Crippen LogP contribution in [0, 0.1) is 11.3 Å². The number of anilines is 2. The molecule has 0 aliphatic heterocycles. The van der Waals surface area contributed by atoms with Crippen molar-refractivity contribution in [3.05, 3.63) is 41.6 Å². The van der Waals surface area contributed by atoms with Gasteiger partial charge in [0, 0.05) is 17.8 Å². The Balaban J connectivity index is 2.05. The van der Waals surface area contributed by atoms with Crippen molar-refractivity contribution in [2.45, 2.75) is 6.54 Å². The average molecular weight is 213 g/mol. The molecule has 5 heteroatoms. The molecule has 0 atom stereocenters. The zero-order valence-electron chi connectivity index (χ0n) is 8.57. The van der Waals surface area contributed by atoms with Crippen LogP contribution in [-0.2, 0) is 6.54 Å². The Labute approximate surface area is 92.9 Å². The van der Waals surface area contributed by atoms with E-state index in [1.807, 2.05) is 12.1 Å². The minimum atomic E-state index is 0.559. The third kappa shape index (κ3) is 2.12. The monoisotopic (exact) mass is 213 g/mol. The number of aromatic nitrogens is 2. The van der Waals surface area contributed by atoms with Crippen molar-refractivity contribution in [3.63, 3.8) is 0 Å². The highest BCUT2D eigenvalue weighted by molar-refractivity contribution is 5.50. The van der Waals surface area contributed by atoms with Crippen molar-refractivity contribution < 1.29 is 0 Å². The number of nitrogens with zero attached hydrogens (tertiary/aromatic N) is 2. The Hall–Kier alpha value is -2.48. The van der Waals surface area contributed by atoms with Crippen LogP contribution in [0.15, 0.2) is 30.5 Å². The van der Waals surface area contributed by atoms with E-state index in [9.17, 15) is 0 Å². The van der Waals surface area contributed by atoms with E-state index in [2.05, 4.69) is 21.6 Å². The molecule has 16 heavy (non-hydrogen) atoms. The van der Waals surface area contributed by atoms with Crippen LogP contribution in [-0.4, -0.2) is 10.2 Å². The second-order valence-electron chi connectivity index (χ2n) is 3.36. The van der Waals surface area contributed by atoms with Crippen molar-refractivity contribution >= 4 is 11.5 Å². The molecule has 0 saturated carbocycles. The number of rotatable bonds is 3. The molecular formula is C11H11N5. The molecule has 0 aliphatic carbocycles. The number of hydrogen-bond acceptors (Lipinski definition) is 4. The summed E-state index contributed by atoms with van der Waals surface area (Å²) in [4.78, 5) is 0. The molecule has 4 N–H and O–H groups in total. The minimum Gasteiger partial charge on any atom is -0.384 e. The first-order valence-electron chi connectivity index (χ1n) is 4.81. The number of aromatic amines is 1. The van der Waals surface area contributed by atoms with Crippen LogP contribution in [0.3, 0.4) is 0 Å². The maximum absolute atomic E-state index is 8.75. The van der Waals surface area contributed by atoms with E-state index >= 15 is 0 Å². The maximum atomic E-state index is 8.75. The van der Waals surface area contributed by atoms with Crippen LogP contribution in [0.4, 0.5) is 11.5 Å². The van der Waals surface area contributed by atoms with Gasteiger partial charge in [-0.25, -0.2) is 0 Å². The number of nitriles is 1. The highest BCUT2D eigenvalue weighted by Crippen LogP contribution is 2.13. The highest BCUT2D eigenvalue weighted by atomic mass is 15.1. The number of nitrogens with one attached hydrogen (secondary N) is 2. The van der Waals surface area contributed by atoms with E-state index < -0.39 is 0 Å². The first-order valence-corrected chi connectivity index (χ1v) is 4.81. The summed E-state index contributed by atoms with van der Waals surface area (Å²) >= 11 is 0. The minimum absolute atomic E-state index is 0.559. The van der Waals surface area contributed by atoms with Crippen molar-refractivity contribution in [1.29, 1.82) is 5.26 Å². The van der Waals surface area contributed by atoms with Gasteiger partial charge in [0.2, 0.25) is 0 Å². The van der Waals surface area contributed by atoms with Crippen molar-refractivity contribution in [2.75, 3.05) is 11.1 Å². The van der Waals surface area contributed by atoms with Crippen molar-refractivity contribution in [1.82, 2.24) is 10.2 Å². The summed E-state index contributed by atoms with van der Waals surface area (Å²) in [6, 6.07) is 9.37. The smallest absolute Gasteiger partial charge is 0.123 e. The van der Waals surface area contributed by atoms with Gasteiger partial charge in [-0.15, -0.1) is 0 Å². The molecule has 0 unspecified atom stereocenters. The summed E-state index contributed by atoms with van der Waals surface area (Å²) in [5.41, 5.74) is 8.07. The lowest BCUT2D eigenvalue weighted by Crippen LogP contribution is -2.01. The van der Waals surface area contributed by atoms with E-state index in [0.717, 1.165) is 11.3 Å². The largest absolute Gasteiger partial charge is 0.384 e. The molecule has 0 spiro atoms. The van der Waals surface area contributed by atoms with Gasteiger partial charge in [0.15, 0.2) is 0 Å². The third-order valence-corrected chi connectivity index (χ3v) is 2.23. The fraction of sp³-hybridized carbons (Fsp3) is 0.0909. The second kappa shape index (κ2) is 4.36. The number of nitrogen functional groups attached to an aromatic ring is 1. The molecule has 0 aliphatic rings. The standard InChI is InChI=1S/C11H11N5/c12-5-8-2-1-3-10(4-8)14-6-9-7-15-16-11(9)13/h1-4,7,14H,6H2,(H3,13,15,16). The Kier molecular flexibility index (Phi) is 2.74. The number of benzene rings is 1. The first kappa shape index (κ1) is 10.1. The fourth-order valence-corrected chi connectivity index (χ4v) is 1.36. The molecule has 0 amide bonds. The number of nitrogens with two attached hydrogens (primary N) is 1. The topological polar surface area (TPSA) is 90.5 Å². The van der Waals surface area contributed by atoms with Crippen LogP contribution in [0.1, 0.15) is 11.1 Å². The predicted molar refractivity (Wildman–Crippen MR) is 61.5 cm³/mol. The molecule has 0 bridgehead atoms. The zero-order valence-corrected chi connectivity index (χ0v) is 8.57. The Morgan fingerprint density at radius 3 is 3.06 bits per heavy atom. The van der Waals surface area contributed by atoms with Gasteiger partial charge in [-0.05, 0) is 18.2 Å². The molecule has 2 rings (SSSR count). The Morgan fingerprint density at radius 1 is 1.50 bits per heavy atom. The summed E-state index contributed by atoms with van der Waals surface area (Å²) in [5, 5.41) is 18.4. The Bertz CT molecular complexity index is 523. The second-order valence-corrected chi connectivity index (χ2v) is 3.36. The van der Waals surface area contributed by atoms with Crippen LogP contribution < -0.4 is 11.1 Å². The molecule has 0 fully saturated rings. The SMILES string of the molecule is N#Cc1cccc(NCc2cn[nH]c2N)c1. The van der Waals surface area contributed by atoms with Gasteiger partial charge in [-0.3, -0.25) is 5.10 Å². The van der Waals surface area contributed by atoms with Gasteiger partial charge < -0.3 is 11.1 Å². The highest BCUT2D eigenvalue weighted by Gasteiger charge is 2.00. The molecule has 0 radical (unpaired) electrons. The first-order chi connectivity index (χ1) is 7.79. The molecular weight excluding hydrogens is 202 g/mol. The predicted octanol–water partition coefficient (Wildman–Crippen LogP) is 1.48. The van der Waals surface area contributed by atoms with Crippen LogP contribution >= 0.6 is 0 Å². The van der Waals surface area contributed by atoms with Gasteiger partial charge in [0.05, 0.1) is 17.8 Å². The van der Waals surface area contributed by atoms with Crippen LogP contribution in [0.2, 0.25) is 0 Å². The average Bonchev–Trinajstić information content (AvgIpc) is 2.72. The molecule has 1 heterocycles. The van der Waals surface area contributed by atoms with Gasteiger partial charge in [-0.1, -0.05) is 6.07 Å². The summed E-state index contributed by atoms with van der Waals surface area (Å²) < 4.78 is 0. The lowest BCUT2D eigenvalue weighted by atomic mass is 10.2. The summed E-state index contributed by atoms with van der Waals surface area (Å²) in [7, 11) is 0. The molecule has 1 aromatic heterocycles. The summed E-state index contributed by atoms with van der Waals surface area (Å²) in [6.07, 6.45) is 1.68. The van der Waals surface area contributed by atoms with Gasteiger partial charge in [0.1, 0.15) is 5.82 Å². The lowest BCUT2D eigenvalue weighted by molar-refractivity contribution is 1.10.